The monoisotopic (exact) mass is 475 g/mol. The Kier molecular flexibility index (Phi) is 6.34. The maximum Gasteiger partial charge on any atom is 0.355 e. The topological polar surface area (TPSA) is 244 Å². The number of aromatic nitrogens is 5. The van der Waals surface area contributed by atoms with Crippen LogP contribution in [-0.4, -0.2) is 60.6 Å². The zero-order valence-corrected chi connectivity index (χ0v) is 17.3. The van der Waals surface area contributed by atoms with Crippen molar-refractivity contribution in [2.45, 2.75) is 5.92 Å². The van der Waals surface area contributed by atoms with Crippen molar-refractivity contribution in [1.29, 1.82) is 0 Å². The van der Waals surface area contributed by atoms with Crippen molar-refractivity contribution in [3.05, 3.63) is 49.1 Å². The van der Waals surface area contributed by atoms with Crippen LogP contribution in [0.25, 0.3) is 11.0 Å². The number of nitro groups is 1. The Morgan fingerprint density at radius 2 is 2.03 bits per heavy atom. The van der Waals surface area contributed by atoms with Crippen molar-refractivity contribution in [3.63, 3.8) is 0 Å². The molecule has 0 fully saturated rings. The Morgan fingerprint density at radius 1 is 1.30 bits per heavy atom. The molecule has 17 heteroatoms. The average Bonchev–Trinajstić information content (AvgIpc) is 3.20. The van der Waals surface area contributed by atoms with Crippen LogP contribution in [0.3, 0.4) is 0 Å². The van der Waals surface area contributed by atoms with E-state index in [2.05, 4.69) is 40.3 Å². The molecule has 0 saturated carbocycles. The summed E-state index contributed by atoms with van der Waals surface area (Å²) in [6.45, 7) is 0. The lowest BCUT2D eigenvalue weighted by Gasteiger charge is -2.15. The summed E-state index contributed by atoms with van der Waals surface area (Å²) in [7, 11) is 0.968. The molecular formula is C16H13N9O7S. The van der Waals surface area contributed by atoms with E-state index < -0.39 is 45.5 Å². The number of hydrogen-bond donors (Lipinski definition) is 5. The van der Waals surface area contributed by atoms with Gasteiger partial charge in [0.05, 0.1) is 23.1 Å². The number of hydrogen-bond acceptors (Lipinski definition) is 12. The van der Waals surface area contributed by atoms with Gasteiger partial charge in [-0.25, -0.2) is 9.78 Å². The second-order valence-electron chi connectivity index (χ2n) is 6.18. The van der Waals surface area contributed by atoms with Crippen LogP contribution in [0.2, 0.25) is 0 Å². The van der Waals surface area contributed by atoms with Gasteiger partial charge in [0.2, 0.25) is 16.5 Å². The van der Waals surface area contributed by atoms with Crippen molar-refractivity contribution in [1.82, 2.24) is 25.1 Å². The maximum atomic E-state index is 13.0. The molecule has 33 heavy (non-hydrogen) atoms. The Labute approximate surface area is 186 Å². The van der Waals surface area contributed by atoms with Gasteiger partial charge in [-0.3, -0.25) is 40.0 Å². The summed E-state index contributed by atoms with van der Waals surface area (Å²) in [5.41, 5.74) is -2.77. The molecule has 1 amide bonds. The molecule has 0 bridgehead atoms. The minimum absolute atomic E-state index is 0.0187. The predicted molar refractivity (Wildman–Crippen MR) is 113 cm³/mol. The number of carbonyl (C=O) groups is 3. The number of H-pyrrole nitrogens is 3. The van der Waals surface area contributed by atoms with Crippen LogP contribution in [0.1, 0.15) is 11.6 Å². The van der Waals surface area contributed by atoms with Crippen molar-refractivity contribution >= 4 is 58.3 Å². The second kappa shape index (κ2) is 9.14. The molecule has 0 aliphatic rings. The van der Waals surface area contributed by atoms with Crippen LogP contribution in [0, 0.1) is 14.9 Å². The summed E-state index contributed by atoms with van der Waals surface area (Å²) in [5, 5.41) is 21.1. The van der Waals surface area contributed by atoms with E-state index in [1.165, 1.54) is 6.07 Å². The van der Waals surface area contributed by atoms with E-state index in [0.717, 1.165) is 19.2 Å². The van der Waals surface area contributed by atoms with Gasteiger partial charge in [-0.15, -0.1) is 0 Å². The number of fused-ring (bicyclic) bond motifs is 1. The van der Waals surface area contributed by atoms with Crippen LogP contribution >= 0.6 is 12.2 Å². The largest absolute Gasteiger partial charge is 0.464 e. The van der Waals surface area contributed by atoms with Crippen LogP contribution in [0.5, 0.6) is 0 Å². The van der Waals surface area contributed by atoms with E-state index in [9.17, 15) is 29.3 Å². The molecular weight excluding hydrogens is 462 g/mol. The first kappa shape index (κ1) is 22.9. The zero-order chi connectivity index (χ0) is 24.3. The van der Waals surface area contributed by atoms with E-state index >= 15 is 0 Å². The molecule has 2 heterocycles. The van der Waals surface area contributed by atoms with E-state index in [4.69, 9.17) is 18.1 Å². The lowest BCUT2D eigenvalue weighted by molar-refractivity contribution is -0.384. The third-order valence-electron chi connectivity index (χ3n) is 4.21. The molecule has 1 aromatic carbocycles. The summed E-state index contributed by atoms with van der Waals surface area (Å²) in [6, 6.07) is 3.36. The fourth-order valence-corrected chi connectivity index (χ4v) is 2.90. The fraction of sp³-hybridized carbons (Fsp3) is 0.125. The predicted octanol–water partition coefficient (Wildman–Crippen LogP) is -0.609. The first-order chi connectivity index (χ1) is 15.7. The minimum atomic E-state index is -1.98. The van der Waals surface area contributed by atoms with Gasteiger partial charge >= 0.3 is 5.97 Å². The number of nitro benzene ring substituents is 1. The lowest BCUT2D eigenvalue weighted by atomic mass is 9.93. The standard InChI is InChI=1S/C16H13N9O7S/c1-32-14(29)10(22-17)8(11(26)13(28)20-15-21-16(33)24-23-15)9-12(27)19-7-4-5(25(30)31)2-3-6(7)18-9/h2-4,8H,17H2,1H3,(H,19,27)(H3,20,21,23,24,28,33)/b22-10+/t8-/m0/s1. The highest BCUT2D eigenvalue weighted by molar-refractivity contribution is 7.71. The molecule has 0 spiro atoms. The summed E-state index contributed by atoms with van der Waals surface area (Å²) in [5.74, 6) is -0.813. The molecule has 16 nitrogen and oxygen atoms in total. The van der Waals surface area contributed by atoms with Crippen LogP contribution in [0.15, 0.2) is 28.1 Å². The smallest absolute Gasteiger partial charge is 0.355 e. The number of non-ortho nitro benzene ring substituents is 1. The molecule has 170 valence electrons. The molecule has 6 N–H and O–H groups in total. The van der Waals surface area contributed by atoms with Crippen molar-refractivity contribution in [3.8, 4) is 0 Å². The van der Waals surface area contributed by atoms with Gasteiger partial charge in [0, 0.05) is 12.1 Å². The summed E-state index contributed by atoms with van der Waals surface area (Å²) in [4.78, 5) is 70.7. The lowest BCUT2D eigenvalue weighted by Crippen LogP contribution is -2.40. The highest BCUT2D eigenvalue weighted by Gasteiger charge is 2.39. The number of benzene rings is 1. The number of rotatable bonds is 7. The highest BCUT2D eigenvalue weighted by atomic mass is 32.1. The van der Waals surface area contributed by atoms with E-state index in [0.29, 0.717) is 0 Å². The molecule has 3 rings (SSSR count). The molecule has 0 saturated heterocycles. The summed E-state index contributed by atoms with van der Waals surface area (Å²) < 4.78 is 4.52. The number of esters is 1. The summed E-state index contributed by atoms with van der Waals surface area (Å²) in [6.07, 6.45) is 0. The number of aromatic amines is 3. The van der Waals surface area contributed by atoms with Gasteiger partial charge in [-0.1, -0.05) is 0 Å². The maximum absolute atomic E-state index is 13.0. The number of amides is 1. The van der Waals surface area contributed by atoms with Crippen molar-refractivity contribution in [2.24, 2.45) is 10.9 Å². The fourth-order valence-electron chi connectivity index (χ4n) is 2.75. The third-order valence-corrected chi connectivity index (χ3v) is 4.41. The second-order valence-corrected chi connectivity index (χ2v) is 6.57. The average molecular weight is 475 g/mol. The Morgan fingerprint density at radius 3 is 2.61 bits per heavy atom. The molecule has 0 aliphatic carbocycles. The van der Waals surface area contributed by atoms with Crippen LogP contribution in [0.4, 0.5) is 11.6 Å². The van der Waals surface area contributed by atoms with Crippen LogP contribution in [-0.2, 0) is 19.1 Å². The number of nitrogens with zero attached hydrogens (tertiary/aromatic N) is 4. The number of Topliss-reactive ketones (excluding diaryl/α,β-unsaturated/α-hetero) is 1. The van der Waals surface area contributed by atoms with Crippen molar-refractivity contribution in [2.75, 3.05) is 12.4 Å². The van der Waals surface area contributed by atoms with Gasteiger partial charge in [0.25, 0.3) is 17.2 Å². The number of nitrogens with one attached hydrogen (secondary N) is 4. The van der Waals surface area contributed by atoms with E-state index in [-0.39, 0.29) is 27.4 Å². The van der Waals surface area contributed by atoms with Gasteiger partial charge in [0.15, 0.2) is 5.71 Å². The first-order valence-electron chi connectivity index (χ1n) is 8.70. The Bertz CT molecular complexity index is 1440. The molecule has 2 aromatic heterocycles. The minimum Gasteiger partial charge on any atom is -0.464 e. The number of ether oxygens (including phenoxy) is 1. The number of anilines is 1. The van der Waals surface area contributed by atoms with Gasteiger partial charge < -0.3 is 15.6 Å². The number of methoxy groups -OCH3 is 1. The first-order valence-corrected chi connectivity index (χ1v) is 9.11. The van der Waals surface area contributed by atoms with Crippen LogP contribution < -0.4 is 16.7 Å². The van der Waals surface area contributed by atoms with E-state index in [1.54, 1.807) is 0 Å². The summed E-state index contributed by atoms with van der Waals surface area (Å²) >= 11 is 4.75. The van der Waals surface area contributed by atoms with Gasteiger partial charge in [-0.05, 0) is 18.3 Å². The SMILES string of the molecule is COC(=O)/C(=N/N)[C@@H](C(=O)C(=O)Nc1nc(=S)[nH][nH]1)c1nc2ccc([N+](=O)[O-])cc2[nH]c1=O. The molecule has 0 unspecified atom stereocenters. The third kappa shape index (κ3) is 4.61. The van der Waals surface area contributed by atoms with Gasteiger partial charge in [0.1, 0.15) is 11.6 Å². The number of hydrazone groups is 1. The normalized spacial score (nSPS) is 12.2. The molecule has 0 aliphatic heterocycles. The van der Waals surface area contributed by atoms with Crippen molar-refractivity contribution < 1.29 is 24.0 Å². The zero-order valence-electron chi connectivity index (χ0n) is 16.4. The number of carbonyl (C=O) groups excluding carboxylic acids is 3. The Balaban J connectivity index is 2.13. The highest BCUT2D eigenvalue weighted by Crippen LogP contribution is 2.21. The number of nitrogens with two attached hydrogens (primary N) is 1. The number of ketones is 1. The molecule has 3 aromatic rings. The van der Waals surface area contributed by atoms with Gasteiger partial charge in [-0.2, -0.15) is 10.1 Å². The quantitative estimate of drug-likeness (QED) is 0.0548. The Hall–Kier alpha value is -4.80. The van der Waals surface area contributed by atoms with E-state index in [1.807, 2.05) is 0 Å². The molecule has 1 atom stereocenters. The molecule has 0 radical (unpaired) electrons.